The highest BCUT2D eigenvalue weighted by Crippen LogP contribution is 2.34. The molecule has 0 aliphatic heterocycles. The van der Waals surface area contributed by atoms with Crippen molar-refractivity contribution in [3.63, 3.8) is 0 Å². The predicted molar refractivity (Wildman–Crippen MR) is 117 cm³/mol. The number of benzene rings is 2. The van der Waals surface area contributed by atoms with Crippen LogP contribution in [0.25, 0.3) is 10.9 Å². The van der Waals surface area contributed by atoms with E-state index in [0.717, 1.165) is 9.15 Å². The van der Waals surface area contributed by atoms with Crippen molar-refractivity contribution in [1.82, 2.24) is 9.66 Å². The van der Waals surface area contributed by atoms with Gasteiger partial charge in [0.05, 0.1) is 24.2 Å². The summed E-state index contributed by atoms with van der Waals surface area (Å²) in [6, 6.07) is 8.23. The molecule has 156 valence electrons. The molecule has 0 unspecified atom stereocenters. The standard InChI is InChI=1S/C20H17BrClN3O5/c1-10(20(27)28)30-18-12(6-14(22)8-17(18)29-3)9-23-25-11(2)24-16-5-4-13(21)7-15(16)19(25)26/h4-10H,1-3H3,(H,27,28)/t10-/m0/s1. The van der Waals surface area contributed by atoms with Gasteiger partial charge in [0.2, 0.25) is 0 Å². The first-order valence-corrected chi connectivity index (χ1v) is 9.88. The smallest absolute Gasteiger partial charge is 0.344 e. The van der Waals surface area contributed by atoms with Gasteiger partial charge in [-0.05, 0) is 38.1 Å². The molecule has 1 heterocycles. The molecule has 0 bridgehead atoms. The van der Waals surface area contributed by atoms with Crippen LogP contribution < -0.4 is 15.0 Å². The number of aryl methyl sites for hydroxylation is 1. The van der Waals surface area contributed by atoms with Gasteiger partial charge in [-0.1, -0.05) is 27.5 Å². The third kappa shape index (κ3) is 4.47. The van der Waals surface area contributed by atoms with E-state index in [0.29, 0.717) is 27.3 Å². The Morgan fingerprint density at radius 2 is 2.10 bits per heavy atom. The number of hydrogen-bond acceptors (Lipinski definition) is 6. The van der Waals surface area contributed by atoms with Crippen molar-refractivity contribution in [3.05, 3.63) is 61.6 Å². The molecule has 3 rings (SSSR count). The summed E-state index contributed by atoms with van der Waals surface area (Å²) in [6.07, 6.45) is 0.203. The zero-order valence-corrected chi connectivity index (χ0v) is 18.6. The molecule has 1 atom stereocenters. The summed E-state index contributed by atoms with van der Waals surface area (Å²) in [5.41, 5.74) is 0.536. The molecule has 8 nitrogen and oxygen atoms in total. The van der Waals surface area contributed by atoms with Crippen molar-refractivity contribution in [3.8, 4) is 11.5 Å². The van der Waals surface area contributed by atoms with Gasteiger partial charge >= 0.3 is 5.97 Å². The largest absolute Gasteiger partial charge is 0.493 e. The number of methoxy groups -OCH3 is 1. The molecule has 0 aliphatic carbocycles. The van der Waals surface area contributed by atoms with E-state index in [9.17, 15) is 14.7 Å². The lowest BCUT2D eigenvalue weighted by Crippen LogP contribution is -2.24. The fourth-order valence-corrected chi connectivity index (χ4v) is 3.28. The Bertz CT molecular complexity index is 1230. The minimum Gasteiger partial charge on any atom is -0.493 e. The number of halogens is 2. The maximum atomic E-state index is 12.9. The van der Waals surface area contributed by atoms with E-state index in [-0.39, 0.29) is 17.1 Å². The Labute approximate surface area is 184 Å². The van der Waals surface area contributed by atoms with Crippen molar-refractivity contribution in [1.29, 1.82) is 0 Å². The first-order chi connectivity index (χ1) is 14.2. The van der Waals surface area contributed by atoms with E-state index in [4.69, 9.17) is 21.1 Å². The highest BCUT2D eigenvalue weighted by Gasteiger charge is 2.19. The number of carbonyl (C=O) groups is 1. The van der Waals surface area contributed by atoms with Gasteiger partial charge in [0.15, 0.2) is 17.6 Å². The maximum absolute atomic E-state index is 12.9. The van der Waals surface area contributed by atoms with E-state index in [2.05, 4.69) is 26.0 Å². The second-order valence-electron chi connectivity index (χ2n) is 6.31. The van der Waals surface area contributed by atoms with E-state index in [1.54, 1.807) is 25.1 Å². The zero-order chi connectivity index (χ0) is 22.0. The summed E-state index contributed by atoms with van der Waals surface area (Å²) in [5, 5.41) is 14.1. The summed E-state index contributed by atoms with van der Waals surface area (Å²) in [5.74, 6) is -0.392. The summed E-state index contributed by atoms with van der Waals surface area (Å²) in [6.45, 7) is 3.04. The molecule has 0 saturated heterocycles. The first-order valence-electron chi connectivity index (χ1n) is 8.71. The SMILES string of the molecule is COc1cc(Cl)cc(C=Nn2c(C)nc3ccc(Br)cc3c2=O)c1O[C@@H](C)C(=O)O. The summed E-state index contributed by atoms with van der Waals surface area (Å²) in [4.78, 5) is 28.5. The van der Waals surface area contributed by atoms with E-state index in [1.165, 1.54) is 32.4 Å². The van der Waals surface area contributed by atoms with Crippen molar-refractivity contribution in [2.75, 3.05) is 7.11 Å². The fraction of sp³-hybridized carbons (Fsp3) is 0.200. The van der Waals surface area contributed by atoms with Crippen molar-refractivity contribution >= 4 is 50.6 Å². The van der Waals surface area contributed by atoms with E-state index < -0.39 is 12.1 Å². The molecule has 0 fully saturated rings. The summed E-state index contributed by atoms with van der Waals surface area (Å²) < 4.78 is 12.7. The Morgan fingerprint density at radius 3 is 2.77 bits per heavy atom. The summed E-state index contributed by atoms with van der Waals surface area (Å²) >= 11 is 9.49. The summed E-state index contributed by atoms with van der Waals surface area (Å²) in [7, 11) is 1.41. The number of ether oxygens (including phenoxy) is 2. The Morgan fingerprint density at radius 1 is 1.37 bits per heavy atom. The lowest BCUT2D eigenvalue weighted by molar-refractivity contribution is -0.144. The number of nitrogens with zero attached hydrogens (tertiary/aromatic N) is 3. The fourth-order valence-electron chi connectivity index (χ4n) is 2.71. The van der Waals surface area contributed by atoms with Gasteiger partial charge in [-0.2, -0.15) is 9.78 Å². The molecular formula is C20H17BrClN3O5. The number of rotatable bonds is 6. The van der Waals surface area contributed by atoms with Crippen LogP contribution in [0, 0.1) is 6.92 Å². The lowest BCUT2D eigenvalue weighted by atomic mass is 10.2. The molecule has 0 radical (unpaired) electrons. The van der Waals surface area contributed by atoms with Gasteiger partial charge in [-0.15, -0.1) is 0 Å². The topological polar surface area (TPSA) is 103 Å². The van der Waals surface area contributed by atoms with Gasteiger partial charge in [-0.25, -0.2) is 9.78 Å². The molecule has 30 heavy (non-hydrogen) atoms. The van der Waals surface area contributed by atoms with Crippen LogP contribution in [0.4, 0.5) is 0 Å². The lowest BCUT2D eigenvalue weighted by Gasteiger charge is -2.16. The highest BCUT2D eigenvalue weighted by atomic mass is 79.9. The molecule has 0 spiro atoms. The van der Waals surface area contributed by atoms with Crippen LogP contribution in [-0.4, -0.2) is 40.2 Å². The predicted octanol–water partition coefficient (Wildman–Crippen LogP) is 3.86. The Hall–Kier alpha value is -2.91. The number of fused-ring (bicyclic) bond motifs is 1. The van der Waals surface area contributed by atoms with Crippen LogP contribution in [-0.2, 0) is 4.79 Å². The quantitative estimate of drug-likeness (QED) is 0.522. The third-order valence-electron chi connectivity index (χ3n) is 4.19. The highest BCUT2D eigenvalue weighted by molar-refractivity contribution is 9.10. The third-order valence-corrected chi connectivity index (χ3v) is 4.90. The second kappa shape index (κ2) is 8.85. The van der Waals surface area contributed by atoms with Crippen LogP contribution in [0.1, 0.15) is 18.3 Å². The van der Waals surface area contributed by atoms with Crippen molar-refractivity contribution in [2.45, 2.75) is 20.0 Å². The van der Waals surface area contributed by atoms with Crippen molar-refractivity contribution < 1.29 is 19.4 Å². The molecule has 0 saturated carbocycles. The first kappa shape index (κ1) is 21.8. The second-order valence-corrected chi connectivity index (χ2v) is 7.66. The van der Waals surface area contributed by atoms with Gasteiger partial charge in [-0.3, -0.25) is 4.79 Å². The number of aliphatic carboxylic acids is 1. The van der Waals surface area contributed by atoms with Crippen LogP contribution >= 0.6 is 27.5 Å². The van der Waals surface area contributed by atoms with Gasteiger partial charge in [0.1, 0.15) is 5.82 Å². The Balaban J connectivity index is 2.13. The monoisotopic (exact) mass is 493 g/mol. The van der Waals surface area contributed by atoms with Crippen LogP contribution in [0.5, 0.6) is 11.5 Å². The van der Waals surface area contributed by atoms with Gasteiger partial charge in [0.25, 0.3) is 5.56 Å². The van der Waals surface area contributed by atoms with Crippen LogP contribution in [0.3, 0.4) is 0 Å². The normalized spacial score (nSPS) is 12.3. The van der Waals surface area contributed by atoms with Crippen LogP contribution in [0.2, 0.25) is 5.02 Å². The molecule has 1 N–H and O–H groups in total. The average molecular weight is 495 g/mol. The zero-order valence-electron chi connectivity index (χ0n) is 16.2. The number of carboxylic acid groups (broad SMARTS) is 1. The minimum atomic E-state index is -1.15. The molecule has 3 aromatic rings. The number of carboxylic acids is 1. The average Bonchev–Trinajstić information content (AvgIpc) is 2.69. The van der Waals surface area contributed by atoms with Crippen molar-refractivity contribution in [2.24, 2.45) is 5.10 Å². The number of hydrogen-bond donors (Lipinski definition) is 1. The minimum absolute atomic E-state index is 0.141. The van der Waals surface area contributed by atoms with E-state index in [1.807, 2.05) is 0 Å². The molecular weight excluding hydrogens is 478 g/mol. The maximum Gasteiger partial charge on any atom is 0.344 e. The van der Waals surface area contributed by atoms with Gasteiger partial charge in [0, 0.05) is 21.1 Å². The molecule has 1 aromatic heterocycles. The van der Waals surface area contributed by atoms with Gasteiger partial charge < -0.3 is 14.6 Å². The number of aromatic nitrogens is 2. The van der Waals surface area contributed by atoms with Crippen LogP contribution in [0.15, 0.2) is 44.7 Å². The molecule has 0 amide bonds. The van der Waals surface area contributed by atoms with E-state index >= 15 is 0 Å². The molecule has 0 aliphatic rings. The molecule has 2 aromatic carbocycles. The Kier molecular flexibility index (Phi) is 6.42. The molecule has 10 heteroatoms.